The number of hydrogen-bond donors (Lipinski definition) is 2. The molecule has 0 unspecified atom stereocenters. The Balaban J connectivity index is 2.13. The molecule has 0 saturated heterocycles. The Hall–Kier alpha value is -1.85. The molecule has 0 radical (unpaired) electrons. The van der Waals surface area contributed by atoms with Crippen molar-refractivity contribution in [3.8, 4) is 0 Å². The van der Waals surface area contributed by atoms with Gasteiger partial charge in [-0.3, -0.25) is 4.79 Å². The zero-order valence-electron chi connectivity index (χ0n) is 11.1. The third kappa shape index (κ3) is 2.77. The molecule has 1 heterocycles. The molecule has 1 aliphatic carbocycles. The van der Waals surface area contributed by atoms with Gasteiger partial charge < -0.3 is 14.9 Å². The molecule has 2 N–H and O–H groups in total. The highest BCUT2D eigenvalue weighted by molar-refractivity contribution is 5.96. The van der Waals surface area contributed by atoms with Crippen LogP contribution < -0.4 is 5.32 Å². The van der Waals surface area contributed by atoms with Crippen molar-refractivity contribution in [3.63, 3.8) is 0 Å². The van der Waals surface area contributed by atoms with Gasteiger partial charge in [-0.2, -0.15) is 0 Å². The summed E-state index contributed by atoms with van der Waals surface area (Å²) in [6, 6.07) is 1.50. The van der Waals surface area contributed by atoms with Crippen LogP contribution in [0.15, 0.2) is 10.6 Å². The number of aromatic nitrogens is 1. The molecule has 0 aliphatic heterocycles. The molecule has 0 atom stereocenters. The summed E-state index contributed by atoms with van der Waals surface area (Å²) in [5.41, 5.74) is -1.05. The molecule has 104 valence electrons. The van der Waals surface area contributed by atoms with Crippen molar-refractivity contribution in [1.29, 1.82) is 0 Å². The van der Waals surface area contributed by atoms with Crippen LogP contribution >= 0.6 is 0 Å². The van der Waals surface area contributed by atoms with Crippen LogP contribution in [0.5, 0.6) is 0 Å². The van der Waals surface area contributed by atoms with E-state index in [0.29, 0.717) is 24.5 Å². The molecule has 0 aromatic carbocycles. The highest BCUT2D eigenvalue weighted by Gasteiger charge is 2.42. The summed E-state index contributed by atoms with van der Waals surface area (Å²) in [5, 5.41) is 15.6. The number of hydrogen-bond acceptors (Lipinski definition) is 4. The van der Waals surface area contributed by atoms with Crippen LogP contribution in [0.3, 0.4) is 0 Å². The van der Waals surface area contributed by atoms with Crippen LogP contribution in [0.25, 0.3) is 0 Å². The van der Waals surface area contributed by atoms with Crippen molar-refractivity contribution in [1.82, 2.24) is 10.5 Å². The minimum absolute atomic E-state index is 0.122. The van der Waals surface area contributed by atoms with Gasteiger partial charge in [0, 0.05) is 6.07 Å². The molecule has 1 aliphatic rings. The molecule has 6 nitrogen and oxygen atoms in total. The fourth-order valence-electron chi connectivity index (χ4n) is 2.40. The Morgan fingerprint density at radius 3 is 2.58 bits per heavy atom. The van der Waals surface area contributed by atoms with Crippen molar-refractivity contribution in [2.75, 3.05) is 0 Å². The Kier molecular flexibility index (Phi) is 3.59. The van der Waals surface area contributed by atoms with Crippen LogP contribution in [0.2, 0.25) is 0 Å². The Labute approximate surface area is 111 Å². The number of nitrogens with zero attached hydrogens (tertiary/aromatic N) is 1. The van der Waals surface area contributed by atoms with E-state index in [1.807, 2.05) is 0 Å². The maximum atomic E-state index is 12.0. The lowest BCUT2D eigenvalue weighted by Crippen LogP contribution is -2.56. The van der Waals surface area contributed by atoms with Gasteiger partial charge in [-0.15, -0.1) is 0 Å². The predicted octanol–water partition coefficient (Wildman–Crippen LogP) is 1.75. The number of carboxylic acids is 1. The standard InChI is InChI=1S/C13H18N2O4/c1-8-3-5-13(6-4-8,12(17)18)14-11(16)10-7-9(2)19-15-10/h7-8H,3-6H2,1-2H3,(H,14,16)(H,17,18). The second-order valence-electron chi connectivity index (χ2n) is 5.35. The smallest absolute Gasteiger partial charge is 0.329 e. The van der Waals surface area contributed by atoms with Crippen LogP contribution in [0, 0.1) is 12.8 Å². The Bertz CT molecular complexity index is 487. The summed E-state index contributed by atoms with van der Waals surface area (Å²) < 4.78 is 4.83. The normalized spacial score (nSPS) is 26.9. The van der Waals surface area contributed by atoms with Crippen molar-refractivity contribution >= 4 is 11.9 Å². The zero-order valence-corrected chi connectivity index (χ0v) is 11.1. The number of aliphatic carboxylic acids is 1. The number of carboxylic acid groups (broad SMARTS) is 1. The number of carbonyl (C=O) groups is 2. The van der Waals surface area contributed by atoms with Gasteiger partial charge in [0.15, 0.2) is 5.69 Å². The maximum absolute atomic E-state index is 12.0. The lowest BCUT2D eigenvalue weighted by atomic mass is 9.77. The average Bonchev–Trinajstić information content (AvgIpc) is 2.79. The quantitative estimate of drug-likeness (QED) is 0.869. The first-order valence-corrected chi connectivity index (χ1v) is 6.42. The maximum Gasteiger partial charge on any atom is 0.329 e. The summed E-state index contributed by atoms with van der Waals surface area (Å²) in [5.74, 6) is -0.452. The molecule has 1 fully saturated rings. The molecule has 0 spiro atoms. The highest BCUT2D eigenvalue weighted by Crippen LogP contribution is 2.32. The van der Waals surface area contributed by atoms with Gasteiger partial charge in [-0.05, 0) is 38.5 Å². The van der Waals surface area contributed by atoms with Crippen LogP contribution in [0.1, 0.15) is 48.9 Å². The molecular formula is C13H18N2O4. The first-order valence-electron chi connectivity index (χ1n) is 6.42. The molecule has 19 heavy (non-hydrogen) atoms. The highest BCUT2D eigenvalue weighted by atomic mass is 16.5. The van der Waals surface area contributed by atoms with E-state index in [4.69, 9.17) is 4.52 Å². The summed E-state index contributed by atoms with van der Waals surface area (Å²) in [7, 11) is 0. The average molecular weight is 266 g/mol. The fourth-order valence-corrected chi connectivity index (χ4v) is 2.40. The lowest BCUT2D eigenvalue weighted by molar-refractivity contribution is -0.146. The van der Waals surface area contributed by atoms with E-state index in [1.54, 1.807) is 6.92 Å². The predicted molar refractivity (Wildman–Crippen MR) is 66.7 cm³/mol. The van der Waals surface area contributed by atoms with E-state index >= 15 is 0 Å². The molecule has 1 amide bonds. The lowest BCUT2D eigenvalue weighted by Gasteiger charge is -2.36. The van der Waals surface area contributed by atoms with Crippen molar-refractivity contribution in [2.45, 2.75) is 45.1 Å². The van der Waals surface area contributed by atoms with Crippen molar-refractivity contribution in [3.05, 3.63) is 17.5 Å². The summed E-state index contributed by atoms with van der Waals surface area (Å²) in [4.78, 5) is 23.5. The SMILES string of the molecule is Cc1cc(C(=O)NC2(C(=O)O)CCC(C)CC2)no1. The molecule has 0 bridgehead atoms. The van der Waals surface area contributed by atoms with E-state index in [9.17, 15) is 14.7 Å². The van der Waals surface area contributed by atoms with Gasteiger partial charge in [0.05, 0.1) is 0 Å². The zero-order chi connectivity index (χ0) is 14.0. The van der Waals surface area contributed by atoms with Gasteiger partial charge in [-0.25, -0.2) is 4.79 Å². The van der Waals surface area contributed by atoms with Crippen LogP contribution in [-0.4, -0.2) is 27.7 Å². The molecule has 1 aromatic rings. The van der Waals surface area contributed by atoms with Gasteiger partial charge in [0.1, 0.15) is 11.3 Å². The number of amides is 1. The Morgan fingerprint density at radius 1 is 1.47 bits per heavy atom. The molecule has 1 aromatic heterocycles. The second kappa shape index (κ2) is 5.03. The van der Waals surface area contributed by atoms with E-state index in [0.717, 1.165) is 12.8 Å². The van der Waals surface area contributed by atoms with Crippen molar-refractivity contribution in [2.24, 2.45) is 5.92 Å². The third-order valence-corrected chi connectivity index (χ3v) is 3.75. The number of carbonyl (C=O) groups excluding carboxylic acids is 1. The van der Waals surface area contributed by atoms with Crippen LogP contribution in [-0.2, 0) is 4.79 Å². The first kappa shape index (κ1) is 13.6. The minimum atomic E-state index is -1.17. The van der Waals surface area contributed by atoms with Gasteiger partial charge >= 0.3 is 5.97 Å². The molecular weight excluding hydrogens is 248 g/mol. The van der Waals surface area contributed by atoms with E-state index in [1.165, 1.54) is 6.07 Å². The van der Waals surface area contributed by atoms with E-state index < -0.39 is 17.4 Å². The Morgan fingerprint density at radius 2 is 2.11 bits per heavy atom. The van der Waals surface area contributed by atoms with E-state index in [-0.39, 0.29) is 5.69 Å². The first-order chi connectivity index (χ1) is 8.93. The van der Waals surface area contributed by atoms with Gasteiger partial charge in [0.2, 0.25) is 0 Å². The fraction of sp³-hybridized carbons (Fsp3) is 0.615. The summed E-state index contributed by atoms with van der Waals surface area (Å²) >= 11 is 0. The van der Waals surface area contributed by atoms with Gasteiger partial charge in [0.25, 0.3) is 5.91 Å². The number of nitrogens with one attached hydrogen (secondary N) is 1. The molecule has 1 saturated carbocycles. The molecule has 2 rings (SSSR count). The summed E-state index contributed by atoms with van der Waals surface area (Å²) in [6.45, 7) is 3.77. The summed E-state index contributed by atoms with van der Waals surface area (Å²) in [6.07, 6.45) is 2.49. The second-order valence-corrected chi connectivity index (χ2v) is 5.35. The van der Waals surface area contributed by atoms with Crippen molar-refractivity contribution < 1.29 is 19.2 Å². The molecule has 6 heteroatoms. The largest absolute Gasteiger partial charge is 0.480 e. The van der Waals surface area contributed by atoms with E-state index in [2.05, 4.69) is 17.4 Å². The minimum Gasteiger partial charge on any atom is -0.480 e. The van der Waals surface area contributed by atoms with Gasteiger partial charge in [-0.1, -0.05) is 12.1 Å². The monoisotopic (exact) mass is 266 g/mol. The number of aryl methyl sites for hydroxylation is 1. The van der Waals surface area contributed by atoms with Crippen LogP contribution in [0.4, 0.5) is 0 Å². The topological polar surface area (TPSA) is 92.4 Å². The number of rotatable bonds is 3. The third-order valence-electron chi connectivity index (χ3n) is 3.75.